The fourth-order valence-corrected chi connectivity index (χ4v) is 7.59. The fourth-order valence-electron chi connectivity index (χ4n) is 7.59. The number of aliphatic imine (C=N–C) groups is 1. The highest BCUT2D eigenvalue weighted by Gasteiger charge is 2.40. The number of carboxylic acid groups (broad SMARTS) is 1. The van der Waals surface area contributed by atoms with E-state index >= 15 is 0 Å². The number of carboxylic acids is 1. The summed E-state index contributed by atoms with van der Waals surface area (Å²) in [4.78, 5) is 133. The van der Waals surface area contributed by atoms with Gasteiger partial charge in [-0.1, -0.05) is 18.6 Å². The first kappa shape index (κ1) is 63.1. The predicted octanol–water partition coefficient (Wildman–Crippen LogP) is -6.55. The van der Waals surface area contributed by atoms with E-state index in [0.29, 0.717) is 44.3 Å². The minimum absolute atomic E-state index is 0.0375. The molecule has 0 bridgehead atoms. The molecule has 8 amide bonds. The van der Waals surface area contributed by atoms with E-state index in [1.54, 1.807) is 0 Å². The number of aromatic amines is 1. The van der Waals surface area contributed by atoms with Gasteiger partial charge in [-0.25, -0.2) is 9.78 Å². The van der Waals surface area contributed by atoms with Gasteiger partial charge in [0.25, 0.3) is 0 Å². The van der Waals surface area contributed by atoms with Gasteiger partial charge in [0.2, 0.25) is 47.3 Å². The van der Waals surface area contributed by atoms with E-state index in [9.17, 15) is 53.4 Å². The van der Waals surface area contributed by atoms with Crippen LogP contribution in [-0.4, -0.2) is 178 Å². The number of amides is 8. The second kappa shape index (κ2) is 34.4. The second-order valence-corrected chi connectivity index (χ2v) is 17.4. The van der Waals surface area contributed by atoms with Crippen molar-refractivity contribution in [2.24, 2.45) is 45.1 Å². The van der Waals surface area contributed by atoms with Crippen molar-refractivity contribution >= 4 is 59.2 Å². The molecule has 1 aliphatic heterocycles. The van der Waals surface area contributed by atoms with Crippen LogP contribution in [0.2, 0.25) is 0 Å². The molecule has 0 aliphatic carbocycles. The van der Waals surface area contributed by atoms with Crippen molar-refractivity contribution < 1.29 is 53.4 Å². The normalized spacial score (nSPS) is 16.2. The molecule has 29 heteroatoms. The van der Waals surface area contributed by atoms with E-state index in [0.717, 1.165) is 0 Å². The summed E-state index contributed by atoms with van der Waals surface area (Å²) in [7, 11) is 0. The van der Waals surface area contributed by atoms with Crippen molar-refractivity contribution in [1.29, 1.82) is 0 Å². The summed E-state index contributed by atoms with van der Waals surface area (Å²) in [6.45, 7) is 3.43. The molecule has 0 aromatic carbocycles. The second-order valence-electron chi connectivity index (χ2n) is 17.4. The Kier molecular flexibility index (Phi) is 29.3. The number of carbonyl (C=O) groups excluding carboxylic acids is 8. The molecule has 8 atom stereocenters. The number of rotatable bonds is 36. The number of aliphatic hydroxyl groups is 1. The van der Waals surface area contributed by atoms with Crippen LogP contribution in [0.25, 0.3) is 0 Å². The zero-order chi connectivity index (χ0) is 55.2. The molecule has 1 saturated heterocycles. The number of carbonyl (C=O) groups is 9. The van der Waals surface area contributed by atoms with E-state index in [2.05, 4.69) is 58.8 Å². The molecule has 1 aliphatic rings. The van der Waals surface area contributed by atoms with Gasteiger partial charge < -0.3 is 97.5 Å². The molecule has 1 aromatic rings. The molecule has 414 valence electrons. The molecule has 0 spiro atoms. The monoisotopic (exact) mass is 1050 g/mol. The third kappa shape index (κ3) is 22.4. The summed E-state index contributed by atoms with van der Waals surface area (Å²) in [5.74, 6) is -8.09. The lowest BCUT2D eigenvalue weighted by atomic mass is 10.1. The van der Waals surface area contributed by atoms with Crippen molar-refractivity contribution in [3.8, 4) is 0 Å². The van der Waals surface area contributed by atoms with Crippen molar-refractivity contribution in [1.82, 2.24) is 52.1 Å². The highest BCUT2D eigenvalue weighted by Crippen LogP contribution is 2.20. The van der Waals surface area contributed by atoms with Gasteiger partial charge in [0.05, 0.1) is 25.0 Å². The van der Waals surface area contributed by atoms with E-state index in [1.165, 1.54) is 29.6 Å². The predicted molar refractivity (Wildman–Crippen MR) is 271 cm³/mol. The maximum absolute atomic E-state index is 14.2. The molecule has 1 unspecified atom stereocenters. The van der Waals surface area contributed by atoms with Crippen LogP contribution in [0.5, 0.6) is 0 Å². The Morgan fingerprint density at radius 3 is 2.08 bits per heavy atom. The Labute approximate surface area is 429 Å². The number of aliphatic hydroxyl groups excluding tert-OH is 1. The Hall–Kier alpha value is -7.05. The van der Waals surface area contributed by atoms with Gasteiger partial charge in [0, 0.05) is 37.9 Å². The third-order valence-electron chi connectivity index (χ3n) is 11.6. The van der Waals surface area contributed by atoms with Crippen LogP contribution in [0, 0.1) is 0 Å². The van der Waals surface area contributed by atoms with E-state index < -0.39 is 120 Å². The molecule has 0 radical (unpaired) electrons. The lowest BCUT2D eigenvalue weighted by Gasteiger charge is -2.30. The summed E-state index contributed by atoms with van der Waals surface area (Å²) in [5, 5.41) is 37.8. The summed E-state index contributed by atoms with van der Waals surface area (Å²) in [5.41, 5.74) is 39.1. The highest BCUT2D eigenvalue weighted by atomic mass is 16.4. The van der Waals surface area contributed by atoms with E-state index in [-0.39, 0.29) is 83.5 Å². The average molecular weight is 1050 g/mol. The smallest absolute Gasteiger partial charge is 0.352 e. The standard InChI is InChI=1S/C45H78N18O11/c1-2-10-28(59-42(71)36(34(64)22-49)62-37(66)27(50)11-3-5-16-46)38(67)55-24-35(65)57-30(13-7-18-48)43(72)63-20-9-15-33(63)41(70)61-32(21-26-23-53-25-56-26)40(69)58-29(12-4-6-17-47)39(68)60-31(44(73)74)14-8-19-54-45(51)52/h2,14,23,25,27-30,32-34,36,64H,1,3-13,15-22,24,46-50H2,(H,53,56)(H,55,67)(H,57,65)(H,58,69)(H,59,71)(H,60,68)(H,61,70)(H,62,66)(H,73,74)(H4,51,52,54)/b31-14-/t27-,28-,29-,30+,32?,33-,34-,36-/m0/s1. The first-order valence-corrected chi connectivity index (χ1v) is 24.5. The van der Waals surface area contributed by atoms with Gasteiger partial charge in [0.15, 0.2) is 5.96 Å². The number of nitrogens with zero attached hydrogens (tertiary/aromatic N) is 3. The first-order chi connectivity index (χ1) is 35.3. The van der Waals surface area contributed by atoms with Crippen molar-refractivity contribution in [3.63, 3.8) is 0 Å². The highest BCUT2D eigenvalue weighted by molar-refractivity contribution is 5.99. The summed E-state index contributed by atoms with van der Waals surface area (Å²) >= 11 is 0. The largest absolute Gasteiger partial charge is 0.477 e. The Morgan fingerprint density at radius 2 is 1.47 bits per heavy atom. The fraction of sp³-hybridized carbons (Fsp3) is 0.622. The summed E-state index contributed by atoms with van der Waals surface area (Å²) in [6, 6.07) is -8.94. The molecular formula is C45H78N18O11. The van der Waals surface area contributed by atoms with Gasteiger partial charge in [-0.3, -0.25) is 43.3 Å². The third-order valence-corrected chi connectivity index (χ3v) is 11.6. The number of nitrogens with one attached hydrogen (secondary N) is 8. The number of likely N-dealkylation sites (tertiary alicyclic amines) is 1. The van der Waals surface area contributed by atoms with Crippen LogP contribution in [0.15, 0.2) is 41.9 Å². The number of nitrogens with two attached hydrogens (primary N) is 7. The number of aliphatic carboxylic acids is 1. The number of unbranched alkanes of at least 4 members (excludes halogenated alkanes) is 2. The maximum atomic E-state index is 14.2. The molecular weight excluding hydrogens is 969 g/mol. The van der Waals surface area contributed by atoms with E-state index in [1.807, 2.05) is 0 Å². The molecule has 1 fully saturated rings. The van der Waals surface area contributed by atoms with Crippen LogP contribution in [-0.2, 0) is 49.6 Å². The number of guanidine groups is 1. The molecule has 24 N–H and O–H groups in total. The molecule has 2 heterocycles. The van der Waals surface area contributed by atoms with Crippen LogP contribution >= 0.6 is 0 Å². The SMILES string of the molecule is C=CC[C@H](NC(=O)[C@@H](NC(=O)[C@@H](N)CCCCN)[C@@H](O)CN)C(=O)NCC(=O)N[C@H](CCCN)C(=O)N1CCC[C@H]1C(=O)NC(Cc1cnc[nH]1)C(=O)N[C@@H](CCCCN)C(=O)N/C(=C\CCN=C(N)N)C(=O)O. The van der Waals surface area contributed by atoms with Gasteiger partial charge >= 0.3 is 5.97 Å². The average Bonchev–Trinajstić information content (AvgIpc) is 4.09. The summed E-state index contributed by atoms with van der Waals surface area (Å²) in [6.07, 6.45) is 6.66. The van der Waals surface area contributed by atoms with Gasteiger partial charge in [0.1, 0.15) is 41.9 Å². The maximum Gasteiger partial charge on any atom is 0.352 e. The van der Waals surface area contributed by atoms with Gasteiger partial charge in [-0.15, -0.1) is 6.58 Å². The van der Waals surface area contributed by atoms with Crippen LogP contribution in [0.1, 0.15) is 82.7 Å². The van der Waals surface area contributed by atoms with Gasteiger partial charge in [-0.05, 0) is 90.3 Å². The topological polar surface area (TPSA) is 505 Å². The Bertz CT molecular complexity index is 2070. The minimum atomic E-state index is -1.59. The Morgan fingerprint density at radius 1 is 0.811 bits per heavy atom. The van der Waals surface area contributed by atoms with Crippen LogP contribution < -0.4 is 77.4 Å². The van der Waals surface area contributed by atoms with E-state index in [4.69, 9.17) is 40.1 Å². The lowest BCUT2D eigenvalue weighted by molar-refractivity contribution is -0.142. The van der Waals surface area contributed by atoms with Crippen LogP contribution in [0.3, 0.4) is 0 Å². The van der Waals surface area contributed by atoms with Gasteiger partial charge in [-0.2, -0.15) is 0 Å². The quantitative estimate of drug-likeness (QED) is 0.00977. The lowest BCUT2D eigenvalue weighted by Crippen LogP contribution is -2.61. The van der Waals surface area contributed by atoms with Crippen LogP contribution in [0.4, 0.5) is 0 Å². The number of hydrogen-bond donors (Lipinski definition) is 17. The molecule has 29 nitrogen and oxygen atoms in total. The van der Waals surface area contributed by atoms with Crippen molar-refractivity contribution in [2.45, 2.75) is 132 Å². The number of aromatic nitrogens is 2. The molecule has 0 saturated carbocycles. The molecule has 1 aromatic heterocycles. The first-order valence-electron chi connectivity index (χ1n) is 24.5. The molecule has 74 heavy (non-hydrogen) atoms. The van der Waals surface area contributed by atoms with Crippen molar-refractivity contribution in [3.05, 3.63) is 42.6 Å². The minimum Gasteiger partial charge on any atom is -0.477 e. The number of H-pyrrole nitrogens is 1. The zero-order valence-electron chi connectivity index (χ0n) is 41.7. The summed E-state index contributed by atoms with van der Waals surface area (Å²) < 4.78 is 0. The number of hydrogen-bond acceptors (Lipinski definition) is 17. The number of imidazole rings is 1. The van der Waals surface area contributed by atoms with Crippen molar-refractivity contribution in [2.75, 3.05) is 45.8 Å². The Balaban J connectivity index is 2.25. The zero-order valence-corrected chi connectivity index (χ0v) is 41.7. The molecule has 2 rings (SSSR count).